The number of hydrogen-bond acceptors (Lipinski definition) is 5. The predicted octanol–water partition coefficient (Wildman–Crippen LogP) is 4.76. The van der Waals surface area contributed by atoms with Crippen LogP contribution in [0.15, 0.2) is 48.0 Å². The van der Waals surface area contributed by atoms with E-state index in [9.17, 15) is 19.3 Å². The Kier molecular flexibility index (Phi) is 4.73. The van der Waals surface area contributed by atoms with Crippen LogP contribution in [0.3, 0.4) is 0 Å². The highest BCUT2D eigenvalue weighted by Crippen LogP contribution is 2.28. The van der Waals surface area contributed by atoms with Crippen LogP contribution in [0.4, 0.5) is 15.8 Å². The third kappa shape index (κ3) is 3.65. The molecule has 0 fully saturated rings. The third-order valence-electron chi connectivity index (χ3n) is 3.28. The molecule has 0 radical (unpaired) electrons. The lowest BCUT2D eigenvalue weighted by Crippen LogP contribution is -2.13. The zero-order valence-corrected chi connectivity index (χ0v) is 14.0. The van der Waals surface area contributed by atoms with Crippen molar-refractivity contribution in [1.29, 1.82) is 0 Å². The van der Waals surface area contributed by atoms with Crippen LogP contribution < -0.4 is 5.32 Å². The first-order valence-corrected chi connectivity index (χ1v) is 8.16. The van der Waals surface area contributed by atoms with Crippen molar-refractivity contribution >= 4 is 40.2 Å². The Labute approximate surface area is 150 Å². The molecule has 2 aromatic carbocycles. The van der Waals surface area contributed by atoms with Crippen LogP contribution in [0.2, 0.25) is 5.02 Å². The van der Waals surface area contributed by atoms with Gasteiger partial charge in [-0.15, -0.1) is 11.3 Å². The summed E-state index contributed by atoms with van der Waals surface area (Å²) in [5.74, 6) is -1.78. The van der Waals surface area contributed by atoms with Crippen molar-refractivity contribution < 1.29 is 14.1 Å². The van der Waals surface area contributed by atoms with Gasteiger partial charge in [-0.1, -0.05) is 23.7 Å². The monoisotopic (exact) mass is 377 g/mol. The molecule has 1 heterocycles. The van der Waals surface area contributed by atoms with Crippen molar-refractivity contribution in [3.8, 4) is 10.6 Å². The minimum absolute atomic E-state index is 0.186. The molecule has 0 aliphatic carbocycles. The summed E-state index contributed by atoms with van der Waals surface area (Å²) in [4.78, 5) is 26.5. The molecule has 3 rings (SSSR count). The molecule has 0 aliphatic rings. The van der Waals surface area contributed by atoms with Crippen LogP contribution in [0.1, 0.15) is 10.4 Å². The SMILES string of the molecule is O=C(Nc1cccc(-c2nccs2)c1)c1cc([N+](=O)[O-])c(F)cc1Cl. The van der Waals surface area contributed by atoms with Crippen LogP contribution in [0.25, 0.3) is 10.6 Å². The molecule has 0 spiro atoms. The zero-order valence-electron chi connectivity index (χ0n) is 12.4. The normalized spacial score (nSPS) is 10.5. The number of nitro groups is 1. The van der Waals surface area contributed by atoms with E-state index in [-0.39, 0.29) is 10.6 Å². The molecular weight excluding hydrogens is 369 g/mol. The predicted molar refractivity (Wildman–Crippen MR) is 93.6 cm³/mol. The maximum absolute atomic E-state index is 13.5. The fourth-order valence-electron chi connectivity index (χ4n) is 2.15. The van der Waals surface area contributed by atoms with Gasteiger partial charge in [0.05, 0.1) is 15.5 Å². The van der Waals surface area contributed by atoms with Gasteiger partial charge in [0.15, 0.2) is 0 Å². The van der Waals surface area contributed by atoms with E-state index in [1.807, 2.05) is 11.4 Å². The smallest absolute Gasteiger partial charge is 0.305 e. The number of hydrogen-bond donors (Lipinski definition) is 1. The first-order valence-electron chi connectivity index (χ1n) is 6.90. The number of thiazole rings is 1. The van der Waals surface area contributed by atoms with E-state index in [1.165, 1.54) is 11.3 Å². The highest BCUT2D eigenvalue weighted by molar-refractivity contribution is 7.13. The fourth-order valence-corrected chi connectivity index (χ4v) is 3.02. The minimum atomic E-state index is -1.10. The lowest BCUT2D eigenvalue weighted by molar-refractivity contribution is -0.387. The fraction of sp³-hybridized carbons (Fsp3) is 0. The molecule has 0 saturated carbocycles. The van der Waals surface area contributed by atoms with E-state index < -0.39 is 22.3 Å². The van der Waals surface area contributed by atoms with Crippen molar-refractivity contribution in [3.63, 3.8) is 0 Å². The average molecular weight is 378 g/mol. The van der Waals surface area contributed by atoms with Gasteiger partial charge in [-0.3, -0.25) is 14.9 Å². The molecule has 1 amide bonds. The summed E-state index contributed by atoms with van der Waals surface area (Å²) in [6.07, 6.45) is 1.67. The standard InChI is InChI=1S/C16H9ClFN3O3S/c17-12-8-13(18)14(21(23)24)7-11(12)15(22)20-10-3-1-2-9(6-10)16-19-4-5-25-16/h1-8H,(H,20,22). The Morgan fingerprint density at radius 1 is 1.32 bits per heavy atom. The molecule has 25 heavy (non-hydrogen) atoms. The second-order valence-corrected chi connectivity index (χ2v) is 6.21. The van der Waals surface area contributed by atoms with E-state index >= 15 is 0 Å². The first-order chi connectivity index (χ1) is 12.0. The number of anilines is 1. The van der Waals surface area contributed by atoms with Gasteiger partial charge in [0.25, 0.3) is 5.91 Å². The van der Waals surface area contributed by atoms with E-state index in [0.29, 0.717) is 5.69 Å². The first kappa shape index (κ1) is 17.0. The number of nitro benzene ring substituents is 1. The van der Waals surface area contributed by atoms with Crippen molar-refractivity contribution in [2.45, 2.75) is 0 Å². The molecule has 0 unspecified atom stereocenters. The molecule has 0 atom stereocenters. The van der Waals surface area contributed by atoms with Gasteiger partial charge in [0.2, 0.25) is 5.82 Å². The van der Waals surface area contributed by atoms with E-state index in [4.69, 9.17) is 11.6 Å². The summed E-state index contributed by atoms with van der Waals surface area (Å²) in [6.45, 7) is 0. The number of aromatic nitrogens is 1. The molecular formula is C16H9ClFN3O3S. The van der Waals surface area contributed by atoms with Crippen molar-refractivity contribution in [2.24, 2.45) is 0 Å². The second kappa shape index (κ2) is 6.96. The molecule has 1 aromatic heterocycles. The van der Waals surface area contributed by atoms with Gasteiger partial charge in [-0.25, -0.2) is 4.98 Å². The highest BCUT2D eigenvalue weighted by Gasteiger charge is 2.21. The van der Waals surface area contributed by atoms with Gasteiger partial charge in [0.1, 0.15) is 5.01 Å². The van der Waals surface area contributed by atoms with E-state index in [1.54, 1.807) is 24.4 Å². The van der Waals surface area contributed by atoms with Crippen molar-refractivity contribution in [2.75, 3.05) is 5.32 Å². The molecule has 0 saturated heterocycles. The van der Waals surface area contributed by atoms with Crippen molar-refractivity contribution in [3.05, 3.63) is 74.5 Å². The molecule has 1 N–H and O–H groups in total. The van der Waals surface area contributed by atoms with E-state index in [0.717, 1.165) is 22.7 Å². The van der Waals surface area contributed by atoms with Gasteiger partial charge < -0.3 is 5.32 Å². The highest BCUT2D eigenvalue weighted by atomic mass is 35.5. The maximum Gasteiger partial charge on any atom is 0.305 e. The summed E-state index contributed by atoms with van der Waals surface area (Å²) in [6, 6.07) is 8.51. The minimum Gasteiger partial charge on any atom is -0.322 e. The molecule has 3 aromatic rings. The Hall–Kier alpha value is -2.84. The third-order valence-corrected chi connectivity index (χ3v) is 4.41. The zero-order chi connectivity index (χ0) is 18.0. The second-order valence-electron chi connectivity index (χ2n) is 4.91. The van der Waals surface area contributed by atoms with Crippen LogP contribution in [0, 0.1) is 15.9 Å². The van der Waals surface area contributed by atoms with Gasteiger partial charge in [0, 0.05) is 35.0 Å². The number of nitrogens with zero attached hydrogens (tertiary/aromatic N) is 2. The lowest BCUT2D eigenvalue weighted by atomic mass is 10.1. The quantitative estimate of drug-likeness (QED) is 0.524. The van der Waals surface area contributed by atoms with Gasteiger partial charge in [-0.2, -0.15) is 4.39 Å². The average Bonchev–Trinajstić information content (AvgIpc) is 3.09. The Morgan fingerprint density at radius 3 is 2.80 bits per heavy atom. The largest absolute Gasteiger partial charge is 0.322 e. The maximum atomic E-state index is 13.5. The summed E-state index contributed by atoms with van der Waals surface area (Å²) in [5.41, 5.74) is 0.269. The van der Waals surface area contributed by atoms with Crippen LogP contribution in [0.5, 0.6) is 0 Å². The van der Waals surface area contributed by atoms with E-state index in [2.05, 4.69) is 10.3 Å². The summed E-state index contributed by atoms with van der Waals surface area (Å²) >= 11 is 7.30. The number of rotatable bonds is 4. The summed E-state index contributed by atoms with van der Waals surface area (Å²) in [5, 5.41) is 15.8. The Bertz CT molecular complexity index is 963. The molecule has 0 aliphatic heterocycles. The van der Waals surface area contributed by atoms with Gasteiger partial charge in [-0.05, 0) is 12.1 Å². The van der Waals surface area contributed by atoms with Crippen LogP contribution in [-0.2, 0) is 0 Å². The number of amides is 1. The molecule has 126 valence electrons. The molecule has 9 heteroatoms. The molecule has 6 nitrogen and oxygen atoms in total. The summed E-state index contributed by atoms with van der Waals surface area (Å²) in [7, 11) is 0. The molecule has 0 bridgehead atoms. The van der Waals surface area contributed by atoms with Crippen molar-refractivity contribution in [1.82, 2.24) is 4.98 Å². The van der Waals surface area contributed by atoms with Crippen LogP contribution in [-0.4, -0.2) is 15.8 Å². The number of halogens is 2. The van der Waals surface area contributed by atoms with Crippen LogP contribution >= 0.6 is 22.9 Å². The number of carbonyl (C=O) groups excluding carboxylic acids is 1. The number of benzene rings is 2. The Morgan fingerprint density at radius 2 is 2.12 bits per heavy atom. The Balaban J connectivity index is 1.89. The number of carbonyl (C=O) groups is 1. The van der Waals surface area contributed by atoms with Gasteiger partial charge >= 0.3 is 5.69 Å². The lowest BCUT2D eigenvalue weighted by Gasteiger charge is -2.08. The number of nitrogens with one attached hydrogen (secondary N) is 1. The summed E-state index contributed by atoms with van der Waals surface area (Å²) < 4.78 is 13.5. The topological polar surface area (TPSA) is 85.1 Å².